The van der Waals surface area contributed by atoms with E-state index in [1.54, 1.807) is 4.57 Å². The maximum Gasteiger partial charge on any atom is 0.307 e. The van der Waals surface area contributed by atoms with Gasteiger partial charge in [-0.05, 0) is 13.8 Å². The standard InChI is InChI=1S/C10H15NO2S/c1-6(2)9(12)5-11-7(3)8(4)14-10(11)13/h6H,5H2,1-4H3. The summed E-state index contributed by atoms with van der Waals surface area (Å²) in [6, 6.07) is 0. The van der Waals surface area contributed by atoms with E-state index in [9.17, 15) is 9.59 Å². The van der Waals surface area contributed by atoms with Gasteiger partial charge in [-0.3, -0.25) is 14.2 Å². The Labute approximate surface area is 87.4 Å². The summed E-state index contributed by atoms with van der Waals surface area (Å²) in [5, 5.41) is 0. The zero-order chi connectivity index (χ0) is 10.9. The second-order valence-corrected chi connectivity index (χ2v) is 4.88. The SMILES string of the molecule is Cc1sc(=O)n(CC(=O)C(C)C)c1C. The topological polar surface area (TPSA) is 39.1 Å². The number of hydrogen-bond acceptors (Lipinski definition) is 3. The van der Waals surface area contributed by atoms with Crippen LogP contribution in [0.25, 0.3) is 0 Å². The van der Waals surface area contributed by atoms with Crippen molar-refractivity contribution in [2.45, 2.75) is 34.2 Å². The highest BCUT2D eigenvalue weighted by atomic mass is 32.1. The normalized spacial score (nSPS) is 10.9. The first-order chi connectivity index (χ1) is 6.43. The van der Waals surface area contributed by atoms with Gasteiger partial charge in [-0.1, -0.05) is 25.2 Å². The van der Waals surface area contributed by atoms with E-state index in [1.165, 1.54) is 11.3 Å². The van der Waals surface area contributed by atoms with Crippen LogP contribution >= 0.6 is 11.3 Å². The van der Waals surface area contributed by atoms with Gasteiger partial charge in [0.05, 0.1) is 6.54 Å². The van der Waals surface area contributed by atoms with E-state index in [1.807, 2.05) is 27.7 Å². The van der Waals surface area contributed by atoms with Crippen molar-refractivity contribution < 1.29 is 4.79 Å². The summed E-state index contributed by atoms with van der Waals surface area (Å²) in [6.07, 6.45) is 0. The molecule has 0 aliphatic carbocycles. The van der Waals surface area contributed by atoms with Crippen LogP contribution in [0.3, 0.4) is 0 Å². The molecule has 0 aliphatic heterocycles. The minimum Gasteiger partial charge on any atom is -0.297 e. The molecule has 0 N–H and O–H groups in total. The van der Waals surface area contributed by atoms with Gasteiger partial charge in [-0.2, -0.15) is 0 Å². The van der Waals surface area contributed by atoms with E-state index in [0.29, 0.717) is 0 Å². The summed E-state index contributed by atoms with van der Waals surface area (Å²) in [7, 11) is 0. The minimum atomic E-state index is -0.0333. The molecule has 0 radical (unpaired) electrons. The van der Waals surface area contributed by atoms with E-state index in [2.05, 4.69) is 0 Å². The molecule has 0 aromatic carbocycles. The summed E-state index contributed by atoms with van der Waals surface area (Å²) in [6.45, 7) is 7.69. The fourth-order valence-electron chi connectivity index (χ4n) is 1.11. The molecular formula is C10H15NO2S. The van der Waals surface area contributed by atoms with Gasteiger partial charge in [0.25, 0.3) is 0 Å². The van der Waals surface area contributed by atoms with Gasteiger partial charge in [-0.25, -0.2) is 0 Å². The Kier molecular flexibility index (Phi) is 3.26. The number of carbonyl (C=O) groups is 1. The fraction of sp³-hybridized carbons (Fsp3) is 0.600. The van der Waals surface area contributed by atoms with Crippen LogP contribution in [0.2, 0.25) is 0 Å². The highest BCUT2D eigenvalue weighted by Gasteiger charge is 2.13. The number of carbonyl (C=O) groups excluding carboxylic acids is 1. The monoisotopic (exact) mass is 213 g/mol. The van der Waals surface area contributed by atoms with Gasteiger partial charge in [0.1, 0.15) is 0 Å². The summed E-state index contributed by atoms with van der Waals surface area (Å²) in [5.41, 5.74) is 0.911. The molecule has 0 aliphatic rings. The summed E-state index contributed by atoms with van der Waals surface area (Å²) in [4.78, 5) is 23.9. The van der Waals surface area contributed by atoms with E-state index < -0.39 is 0 Å². The molecule has 0 amide bonds. The third-order valence-corrected chi connectivity index (χ3v) is 3.33. The Hall–Kier alpha value is -0.900. The lowest BCUT2D eigenvalue weighted by molar-refractivity contribution is -0.122. The van der Waals surface area contributed by atoms with Crippen LogP contribution in [-0.2, 0) is 11.3 Å². The van der Waals surface area contributed by atoms with E-state index in [4.69, 9.17) is 0 Å². The van der Waals surface area contributed by atoms with E-state index in [-0.39, 0.29) is 23.1 Å². The van der Waals surface area contributed by atoms with Crippen LogP contribution in [0.1, 0.15) is 24.4 Å². The molecule has 0 saturated carbocycles. The highest BCUT2D eigenvalue weighted by molar-refractivity contribution is 7.09. The number of nitrogens with zero attached hydrogens (tertiary/aromatic N) is 1. The van der Waals surface area contributed by atoms with Crippen LogP contribution < -0.4 is 4.87 Å². The molecule has 0 saturated heterocycles. The van der Waals surface area contributed by atoms with Crippen molar-refractivity contribution in [1.82, 2.24) is 4.57 Å². The Balaban J connectivity index is 2.98. The molecular weight excluding hydrogens is 198 g/mol. The van der Waals surface area contributed by atoms with Gasteiger partial charge >= 0.3 is 4.87 Å². The average Bonchev–Trinajstić information content (AvgIpc) is 2.32. The molecule has 0 atom stereocenters. The number of aryl methyl sites for hydroxylation is 1. The van der Waals surface area contributed by atoms with Crippen LogP contribution in [0, 0.1) is 19.8 Å². The zero-order valence-corrected chi connectivity index (χ0v) is 9.77. The van der Waals surface area contributed by atoms with Crippen molar-refractivity contribution in [2.75, 3.05) is 0 Å². The Morgan fingerprint density at radius 2 is 2.00 bits per heavy atom. The van der Waals surface area contributed by atoms with Crippen molar-refractivity contribution in [3.8, 4) is 0 Å². The third kappa shape index (κ3) is 2.12. The first-order valence-corrected chi connectivity index (χ1v) is 5.44. The average molecular weight is 213 g/mol. The van der Waals surface area contributed by atoms with Crippen LogP contribution in [0.4, 0.5) is 0 Å². The molecule has 0 unspecified atom stereocenters. The molecule has 78 valence electrons. The Morgan fingerprint density at radius 3 is 2.36 bits per heavy atom. The van der Waals surface area contributed by atoms with Gasteiger partial charge < -0.3 is 0 Å². The molecule has 1 aromatic heterocycles. The smallest absolute Gasteiger partial charge is 0.297 e. The predicted molar refractivity (Wildman–Crippen MR) is 57.9 cm³/mol. The first-order valence-electron chi connectivity index (χ1n) is 4.63. The largest absolute Gasteiger partial charge is 0.307 e. The van der Waals surface area contributed by atoms with Gasteiger partial charge in [0.2, 0.25) is 0 Å². The van der Waals surface area contributed by atoms with Crippen LogP contribution in [0.15, 0.2) is 4.79 Å². The molecule has 3 nitrogen and oxygen atoms in total. The quantitative estimate of drug-likeness (QED) is 0.767. The molecule has 4 heteroatoms. The van der Waals surface area contributed by atoms with Gasteiger partial charge in [0.15, 0.2) is 5.78 Å². The molecule has 0 bridgehead atoms. The lowest BCUT2D eigenvalue weighted by atomic mass is 10.1. The number of aromatic nitrogens is 1. The summed E-state index contributed by atoms with van der Waals surface area (Å²) < 4.78 is 1.56. The van der Waals surface area contributed by atoms with Crippen molar-refractivity contribution in [3.63, 3.8) is 0 Å². The second-order valence-electron chi connectivity index (χ2n) is 3.72. The Morgan fingerprint density at radius 1 is 1.43 bits per heavy atom. The van der Waals surface area contributed by atoms with Crippen molar-refractivity contribution >= 4 is 17.1 Å². The van der Waals surface area contributed by atoms with E-state index >= 15 is 0 Å². The lowest BCUT2D eigenvalue weighted by Gasteiger charge is -2.06. The number of hydrogen-bond donors (Lipinski definition) is 0. The predicted octanol–water partition coefficient (Wildman–Crippen LogP) is 1.75. The maximum absolute atomic E-state index is 11.5. The molecule has 1 rings (SSSR count). The number of thiazole rings is 1. The zero-order valence-electron chi connectivity index (χ0n) is 8.96. The summed E-state index contributed by atoms with van der Waals surface area (Å²) in [5.74, 6) is 0.0921. The number of rotatable bonds is 3. The van der Waals surface area contributed by atoms with Crippen molar-refractivity contribution in [1.29, 1.82) is 0 Å². The fourth-order valence-corrected chi connectivity index (χ4v) is 1.94. The third-order valence-electron chi connectivity index (χ3n) is 2.33. The molecule has 0 spiro atoms. The van der Waals surface area contributed by atoms with Crippen LogP contribution in [0.5, 0.6) is 0 Å². The molecule has 1 aromatic rings. The van der Waals surface area contributed by atoms with Gasteiger partial charge in [0, 0.05) is 16.5 Å². The molecule has 14 heavy (non-hydrogen) atoms. The molecule has 1 heterocycles. The first kappa shape index (κ1) is 11.2. The maximum atomic E-state index is 11.5. The summed E-state index contributed by atoms with van der Waals surface area (Å²) >= 11 is 1.20. The Bertz CT molecular complexity index is 401. The lowest BCUT2D eigenvalue weighted by Crippen LogP contribution is -2.23. The van der Waals surface area contributed by atoms with Crippen molar-refractivity contribution in [2.24, 2.45) is 5.92 Å². The second kappa shape index (κ2) is 4.09. The van der Waals surface area contributed by atoms with E-state index in [0.717, 1.165) is 10.6 Å². The number of ketones is 1. The van der Waals surface area contributed by atoms with Crippen LogP contribution in [-0.4, -0.2) is 10.4 Å². The highest BCUT2D eigenvalue weighted by Crippen LogP contribution is 2.10. The van der Waals surface area contributed by atoms with Crippen molar-refractivity contribution in [3.05, 3.63) is 20.2 Å². The minimum absolute atomic E-state index is 0.0125. The number of Topliss-reactive ketones (excluding diaryl/α,β-unsaturated/α-hetero) is 1. The van der Waals surface area contributed by atoms with Gasteiger partial charge in [-0.15, -0.1) is 0 Å². The molecule has 0 fully saturated rings.